The maximum atomic E-state index is 11.5. The molecule has 0 radical (unpaired) electrons. The van der Waals surface area contributed by atoms with Crippen molar-refractivity contribution in [2.75, 3.05) is 13.2 Å². The van der Waals surface area contributed by atoms with E-state index in [0.717, 1.165) is 38.8 Å². The Morgan fingerprint density at radius 3 is 2.28 bits per heavy atom. The molecule has 0 aliphatic carbocycles. The molecule has 0 aromatic rings. The van der Waals surface area contributed by atoms with Crippen molar-refractivity contribution in [2.45, 2.75) is 71.4 Å². The van der Waals surface area contributed by atoms with Crippen molar-refractivity contribution in [3.8, 4) is 0 Å². The standard InChI is InChI=1S/C14H30N2O2/c1-6-10-16-14(5,12(15)17)9-7-8-11-18-13(2,3)4/h16H,6-11H2,1-5H3,(H2,15,17). The van der Waals surface area contributed by atoms with E-state index in [1.54, 1.807) is 0 Å². The van der Waals surface area contributed by atoms with E-state index in [-0.39, 0.29) is 11.5 Å². The molecule has 18 heavy (non-hydrogen) atoms. The fourth-order valence-electron chi connectivity index (χ4n) is 1.66. The Kier molecular flexibility index (Phi) is 7.48. The van der Waals surface area contributed by atoms with Crippen LogP contribution >= 0.6 is 0 Å². The summed E-state index contributed by atoms with van der Waals surface area (Å²) in [6.45, 7) is 11.6. The monoisotopic (exact) mass is 258 g/mol. The van der Waals surface area contributed by atoms with E-state index in [9.17, 15) is 4.79 Å². The Labute approximate surface area is 112 Å². The molecular formula is C14H30N2O2. The molecule has 0 rings (SSSR count). The van der Waals surface area contributed by atoms with Gasteiger partial charge in [-0.15, -0.1) is 0 Å². The van der Waals surface area contributed by atoms with E-state index < -0.39 is 5.54 Å². The van der Waals surface area contributed by atoms with E-state index in [4.69, 9.17) is 10.5 Å². The molecule has 108 valence electrons. The lowest BCUT2D eigenvalue weighted by Crippen LogP contribution is -2.53. The number of carbonyl (C=O) groups is 1. The topological polar surface area (TPSA) is 64.3 Å². The van der Waals surface area contributed by atoms with Crippen LogP contribution in [0.1, 0.15) is 60.3 Å². The summed E-state index contributed by atoms with van der Waals surface area (Å²) in [5.74, 6) is -0.271. The van der Waals surface area contributed by atoms with E-state index in [1.165, 1.54) is 0 Å². The first kappa shape index (κ1) is 17.4. The normalized spacial score (nSPS) is 15.4. The molecule has 0 spiro atoms. The van der Waals surface area contributed by atoms with Crippen molar-refractivity contribution in [1.29, 1.82) is 0 Å². The highest BCUT2D eigenvalue weighted by Crippen LogP contribution is 2.15. The molecule has 1 unspecified atom stereocenters. The molecule has 0 aromatic carbocycles. The predicted molar refractivity (Wildman–Crippen MR) is 75.4 cm³/mol. The van der Waals surface area contributed by atoms with Crippen molar-refractivity contribution >= 4 is 5.91 Å². The predicted octanol–water partition coefficient (Wildman–Crippen LogP) is 2.22. The van der Waals surface area contributed by atoms with Gasteiger partial charge in [0.1, 0.15) is 0 Å². The Morgan fingerprint density at radius 2 is 1.83 bits per heavy atom. The first-order valence-electron chi connectivity index (χ1n) is 6.90. The highest BCUT2D eigenvalue weighted by atomic mass is 16.5. The average Bonchev–Trinajstić information content (AvgIpc) is 2.24. The zero-order valence-electron chi connectivity index (χ0n) is 12.6. The lowest BCUT2D eigenvalue weighted by atomic mass is 9.94. The van der Waals surface area contributed by atoms with Crippen LogP contribution in [0.15, 0.2) is 0 Å². The quantitative estimate of drug-likeness (QED) is 0.623. The smallest absolute Gasteiger partial charge is 0.237 e. The number of nitrogens with one attached hydrogen (secondary N) is 1. The second-order valence-corrected chi connectivity index (χ2v) is 6.04. The summed E-state index contributed by atoms with van der Waals surface area (Å²) in [4.78, 5) is 11.5. The zero-order chi connectivity index (χ0) is 14.2. The maximum Gasteiger partial charge on any atom is 0.237 e. The fourth-order valence-corrected chi connectivity index (χ4v) is 1.66. The van der Waals surface area contributed by atoms with Crippen molar-refractivity contribution < 1.29 is 9.53 Å². The molecule has 3 N–H and O–H groups in total. The summed E-state index contributed by atoms with van der Waals surface area (Å²) in [7, 11) is 0. The van der Waals surface area contributed by atoms with Gasteiger partial charge >= 0.3 is 0 Å². The van der Waals surface area contributed by atoms with Gasteiger partial charge in [0.15, 0.2) is 0 Å². The van der Waals surface area contributed by atoms with Crippen LogP contribution in [0.3, 0.4) is 0 Å². The minimum Gasteiger partial charge on any atom is -0.376 e. The molecule has 0 saturated heterocycles. The van der Waals surface area contributed by atoms with Crippen molar-refractivity contribution in [1.82, 2.24) is 5.32 Å². The van der Waals surface area contributed by atoms with Gasteiger partial charge in [-0.2, -0.15) is 0 Å². The van der Waals surface area contributed by atoms with Crippen molar-refractivity contribution in [3.63, 3.8) is 0 Å². The van der Waals surface area contributed by atoms with Gasteiger partial charge in [0.05, 0.1) is 11.1 Å². The summed E-state index contributed by atoms with van der Waals surface area (Å²) in [6, 6.07) is 0. The average molecular weight is 258 g/mol. The second kappa shape index (κ2) is 7.74. The van der Waals surface area contributed by atoms with Crippen molar-refractivity contribution in [3.05, 3.63) is 0 Å². The van der Waals surface area contributed by atoms with Crippen LogP contribution < -0.4 is 11.1 Å². The first-order chi connectivity index (χ1) is 8.21. The number of rotatable bonds is 9. The van der Waals surface area contributed by atoms with Crippen LogP contribution in [0.4, 0.5) is 0 Å². The lowest BCUT2D eigenvalue weighted by molar-refractivity contribution is -0.124. The molecule has 0 fully saturated rings. The van der Waals surface area contributed by atoms with Crippen LogP contribution in [-0.4, -0.2) is 30.2 Å². The maximum absolute atomic E-state index is 11.5. The molecule has 0 aliphatic rings. The Hall–Kier alpha value is -0.610. The van der Waals surface area contributed by atoms with Crippen LogP contribution in [-0.2, 0) is 9.53 Å². The van der Waals surface area contributed by atoms with E-state index in [0.29, 0.717) is 0 Å². The van der Waals surface area contributed by atoms with Gasteiger partial charge in [-0.3, -0.25) is 4.79 Å². The zero-order valence-corrected chi connectivity index (χ0v) is 12.6. The fraction of sp³-hybridized carbons (Fsp3) is 0.929. The van der Waals surface area contributed by atoms with Gasteiger partial charge in [0.25, 0.3) is 0 Å². The molecule has 0 aliphatic heterocycles. The molecule has 1 atom stereocenters. The molecule has 1 amide bonds. The third-order valence-electron chi connectivity index (χ3n) is 2.92. The number of primary amides is 1. The molecule has 4 heteroatoms. The summed E-state index contributed by atoms with van der Waals surface area (Å²) in [5, 5.41) is 3.24. The molecule has 4 nitrogen and oxygen atoms in total. The lowest BCUT2D eigenvalue weighted by Gasteiger charge is -2.27. The van der Waals surface area contributed by atoms with Gasteiger partial charge < -0.3 is 15.8 Å². The Morgan fingerprint density at radius 1 is 1.22 bits per heavy atom. The van der Waals surface area contributed by atoms with E-state index in [1.807, 2.05) is 27.7 Å². The van der Waals surface area contributed by atoms with Gasteiger partial charge in [0, 0.05) is 6.61 Å². The van der Waals surface area contributed by atoms with Gasteiger partial charge in [0.2, 0.25) is 5.91 Å². The number of hydrogen-bond acceptors (Lipinski definition) is 3. The highest BCUT2D eigenvalue weighted by molar-refractivity contribution is 5.84. The number of ether oxygens (including phenoxy) is 1. The SMILES string of the molecule is CCCNC(C)(CCCCOC(C)(C)C)C(N)=O. The van der Waals surface area contributed by atoms with Crippen LogP contribution in [0.5, 0.6) is 0 Å². The van der Waals surface area contributed by atoms with Crippen LogP contribution in [0, 0.1) is 0 Å². The van der Waals surface area contributed by atoms with Gasteiger partial charge in [-0.05, 0) is 59.9 Å². The number of carbonyl (C=O) groups excluding carboxylic acids is 1. The molecular weight excluding hydrogens is 228 g/mol. The summed E-state index contributed by atoms with van der Waals surface area (Å²) < 4.78 is 5.65. The van der Waals surface area contributed by atoms with E-state index in [2.05, 4.69) is 12.2 Å². The number of amides is 1. The number of hydrogen-bond donors (Lipinski definition) is 2. The van der Waals surface area contributed by atoms with Gasteiger partial charge in [-0.25, -0.2) is 0 Å². The molecule has 0 aromatic heterocycles. The number of unbranched alkanes of at least 4 members (excludes halogenated alkanes) is 1. The molecule has 0 bridgehead atoms. The third-order valence-corrected chi connectivity index (χ3v) is 2.92. The summed E-state index contributed by atoms with van der Waals surface area (Å²) in [6.07, 6.45) is 3.64. The molecule has 0 heterocycles. The van der Waals surface area contributed by atoms with Crippen molar-refractivity contribution in [2.24, 2.45) is 5.73 Å². The second-order valence-electron chi connectivity index (χ2n) is 6.04. The first-order valence-corrected chi connectivity index (χ1v) is 6.90. The highest BCUT2D eigenvalue weighted by Gasteiger charge is 2.29. The summed E-state index contributed by atoms with van der Waals surface area (Å²) >= 11 is 0. The van der Waals surface area contributed by atoms with Crippen LogP contribution in [0.2, 0.25) is 0 Å². The summed E-state index contributed by atoms with van der Waals surface area (Å²) in [5.41, 5.74) is 4.79. The largest absolute Gasteiger partial charge is 0.376 e. The van der Waals surface area contributed by atoms with Gasteiger partial charge in [-0.1, -0.05) is 6.92 Å². The third kappa shape index (κ3) is 7.67. The molecule has 0 saturated carbocycles. The Balaban J connectivity index is 3.95. The number of nitrogens with two attached hydrogens (primary N) is 1. The van der Waals surface area contributed by atoms with E-state index >= 15 is 0 Å². The Bertz CT molecular complexity index is 249. The minimum atomic E-state index is -0.586. The minimum absolute atomic E-state index is 0.0898. The van der Waals surface area contributed by atoms with Crippen LogP contribution in [0.25, 0.3) is 0 Å².